The molecule has 1 N–H and O–H groups in total. The predicted molar refractivity (Wildman–Crippen MR) is 95.0 cm³/mol. The fourth-order valence-corrected chi connectivity index (χ4v) is 3.60. The summed E-state index contributed by atoms with van der Waals surface area (Å²) in [5, 5.41) is 3.27. The van der Waals surface area contributed by atoms with Gasteiger partial charge < -0.3 is 15.1 Å². The molecule has 0 spiro atoms. The second kappa shape index (κ2) is 7.47. The van der Waals surface area contributed by atoms with Crippen molar-refractivity contribution in [3.8, 4) is 0 Å². The van der Waals surface area contributed by atoms with Crippen molar-refractivity contribution in [2.45, 2.75) is 51.1 Å². The second-order valence-corrected chi connectivity index (χ2v) is 7.30. The lowest BCUT2D eigenvalue weighted by molar-refractivity contribution is -0.130. The molecule has 6 nitrogen and oxygen atoms in total. The smallest absolute Gasteiger partial charge is 0.223 e. The van der Waals surface area contributed by atoms with E-state index in [4.69, 9.17) is 0 Å². The number of aryl methyl sites for hydroxylation is 1. The second-order valence-electron chi connectivity index (χ2n) is 7.30. The highest BCUT2D eigenvalue weighted by Crippen LogP contribution is 2.31. The Hall–Kier alpha value is -1.69. The van der Waals surface area contributed by atoms with Crippen LogP contribution in [-0.2, 0) is 11.2 Å². The molecule has 1 unspecified atom stereocenters. The summed E-state index contributed by atoms with van der Waals surface area (Å²) in [6.45, 7) is 3.94. The maximum atomic E-state index is 12.4. The lowest BCUT2D eigenvalue weighted by atomic mass is 9.79. The summed E-state index contributed by atoms with van der Waals surface area (Å²) in [6.07, 6.45) is 6.67. The van der Waals surface area contributed by atoms with Crippen LogP contribution in [0.3, 0.4) is 0 Å². The van der Waals surface area contributed by atoms with Crippen molar-refractivity contribution in [1.29, 1.82) is 0 Å². The molecule has 1 aliphatic heterocycles. The molecule has 1 saturated carbocycles. The Balaban J connectivity index is 1.53. The standard InChI is InChI=1S/C18H29N5O/c1-4-14-10-17(20-12-19-14)23-7-5-6-15(11-23)21-18(24)13-8-16(9-13)22(2)3/h10,12-13,15-16H,4-9,11H2,1-3H3,(H,21,24). The monoisotopic (exact) mass is 331 g/mol. The minimum atomic E-state index is 0.193. The van der Waals surface area contributed by atoms with E-state index in [0.29, 0.717) is 6.04 Å². The van der Waals surface area contributed by atoms with Gasteiger partial charge in [0, 0.05) is 42.9 Å². The van der Waals surface area contributed by atoms with E-state index in [9.17, 15) is 4.79 Å². The van der Waals surface area contributed by atoms with E-state index >= 15 is 0 Å². The molecule has 0 radical (unpaired) electrons. The zero-order chi connectivity index (χ0) is 17.1. The van der Waals surface area contributed by atoms with Gasteiger partial charge in [0.2, 0.25) is 5.91 Å². The van der Waals surface area contributed by atoms with Crippen molar-refractivity contribution < 1.29 is 4.79 Å². The third-order valence-electron chi connectivity index (χ3n) is 5.38. The fourth-order valence-electron chi connectivity index (χ4n) is 3.60. The molecular formula is C18H29N5O. The Morgan fingerprint density at radius 1 is 1.38 bits per heavy atom. The molecule has 1 amide bonds. The normalized spacial score (nSPS) is 27.0. The molecule has 1 aliphatic carbocycles. The van der Waals surface area contributed by atoms with Gasteiger partial charge in [-0.2, -0.15) is 0 Å². The number of rotatable bonds is 5. The number of carbonyl (C=O) groups is 1. The number of nitrogens with zero attached hydrogens (tertiary/aromatic N) is 4. The third-order valence-corrected chi connectivity index (χ3v) is 5.38. The summed E-state index contributed by atoms with van der Waals surface area (Å²) in [5.74, 6) is 1.41. The highest BCUT2D eigenvalue weighted by Gasteiger charge is 2.36. The zero-order valence-corrected chi connectivity index (χ0v) is 15.0. The predicted octanol–water partition coefficient (Wildman–Crippen LogP) is 1.46. The molecule has 1 aromatic heterocycles. The Labute approximate surface area is 144 Å². The van der Waals surface area contributed by atoms with Crippen LogP contribution in [0.15, 0.2) is 12.4 Å². The Kier molecular flexibility index (Phi) is 5.33. The number of hydrogen-bond acceptors (Lipinski definition) is 5. The number of aromatic nitrogens is 2. The fraction of sp³-hybridized carbons (Fsp3) is 0.722. The van der Waals surface area contributed by atoms with Crippen LogP contribution in [0.1, 0.15) is 38.3 Å². The molecule has 0 aromatic carbocycles. The lowest BCUT2D eigenvalue weighted by Crippen LogP contribution is -2.53. The number of carbonyl (C=O) groups excluding carboxylic acids is 1. The van der Waals surface area contributed by atoms with E-state index in [1.54, 1.807) is 6.33 Å². The molecular weight excluding hydrogens is 302 g/mol. The molecule has 6 heteroatoms. The first-order valence-corrected chi connectivity index (χ1v) is 9.09. The minimum absolute atomic E-state index is 0.193. The molecule has 3 rings (SSSR count). The number of piperidine rings is 1. The Bertz CT molecular complexity index is 570. The van der Waals surface area contributed by atoms with Crippen LogP contribution in [-0.4, -0.2) is 60.0 Å². The van der Waals surface area contributed by atoms with Crippen molar-refractivity contribution in [2.24, 2.45) is 5.92 Å². The average Bonchev–Trinajstić information content (AvgIpc) is 2.53. The van der Waals surface area contributed by atoms with Crippen LogP contribution in [0.2, 0.25) is 0 Å². The quantitative estimate of drug-likeness (QED) is 0.885. The SMILES string of the molecule is CCc1cc(N2CCCC(NC(=O)C3CC(N(C)C)C3)C2)ncn1. The maximum Gasteiger partial charge on any atom is 0.223 e. The van der Waals surface area contributed by atoms with Gasteiger partial charge in [0.15, 0.2) is 0 Å². The summed E-state index contributed by atoms with van der Waals surface area (Å²) in [6, 6.07) is 2.86. The molecule has 2 aliphatic rings. The lowest BCUT2D eigenvalue weighted by Gasteiger charge is -2.40. The average molecular weight is 331 g/mol. The number of anilines is 1. The van der Waals surface area contributed by atoms with Crippen LogP contribution in [0.25, 0.3) is 0 Å². The molecule has 24 heavy (non-hydrogen) atoms. The topological polar surface area (TPSA) is 61.4 Å². The van der Waals surface area contributed by atoms with Gasteiger partial charge in [-0.25, -0.2) is 9.97 Å². The maximum absolute atomic E-state index is 12.4. The largest absolute Gasteiger partial charge is 0.354 e. The summed E-state index contributed by atoms with van der Waals surface area (Å²) >= 11 is 0. The molecule has 1 aromatic rings. The van der Waals surface area contributed by atoms with Gasteiger partial charge in [0.25, 0.3) is 0 Å². The molecule has 1 saturated heterocycles. The van der Waals surface area contributed by atoms with Gasteiger partial charge in [-0.3, -0.25) is 4.79 Å². The van der Waals surface area contributed by atoms with E-state index in [1.165, 1.54) is 0 Å². The number of hydrogen-bond donors (Lipinski definition) is 1. The summed E-state index contributed by atoms with van der Waals surface area (Å²) in [7, 11) is 4.17. The van der Waals surface area contributed by atoms with Crippen molar-refractivity contribution >= 4 is 11.7 Å². The van der Waals surface area contributed by atoms with Crippen LogP contribution in [0, 0.1) is 5.92 Å². The van der Waals surface area contributed by atoms with Crippen LogP contribution in [0.5, 0.6) is 0 Å². The van der Waals surface area contributed by atoms with Gasteiger partial charge in [-0.1, -0.05) is 6.92 Å². The van der Waals surface area contributed by atoms with E-state index in [0.717, 1.165) is 56.7 Å². The first-order chi connectivity index (χ1) is 11.6. The van der Waals surface area contributed by atoms with Crippen molar-refractivity contribution in [2.75, 3.05) is 32.1 Å². The van der Waals surface area contributed by atoms with Gasteiger partial charge in [-0.15, -0.1) is 0 Å². The van der Waals surface area contributed by atoms with E-state index in [1.807, 2.05) is 0 Å². The first kappa shape index (κ1) is 17.1. The van der Waals surface area contributed by atoms with Crippen molar-refractivity contribution in [1.82, 2.24) is 20.2 Å². The Morgan fingerprint density at radius 3 is 2.88 bits per heavy atom. The van der Waals surface area contributed by atoms with Gasteiger partial charge in [0.1, 0.15) is 12.1 Å². The van der Waals surface area contributed by atoms with Crippen molar-refractivity contribution in [3.05, 3.63) is 18.1 Å². The van der Waals surface area contributed by atoms with E-state index in [2.05, 4.69) is 52.2 Å². The molecule has 132 valence electrons. The highest BCUT2D eigenvalue weighted by atomic mass is 16.2. The molecule has 0 bridgehead atoms. The minimum Gasteiger partial charge on any atom is -0.354 e. The summed E-state index contributed by atoms with van der Waals surface area (Å²) < 4.78 is 0. The van der Waals surface area contributed by atoms with Crippen LogP contribution < -0.4 is 10.2 Å². The van der Waals surface area contributed by atoms with Crippen LogP contribution in [0.4, 0.5) is 5.82 Å². The Morgan fingerprint density at radius 2 is 2.17 bits per heavy atom. The summed E-state index contributed by atoms with van der Waals surface area (Å²) in [5.41, 5.74) is 1.07. The van der Waals surface area contributed by atoms with Crippen LogP contribution >= 0.6 is 0 Å². The van der Waals surface area contributed by atoms with Gasteiger partial charge >= 0.3 is 0 Å². The molecule has 2 fully saturated rings. The molecule has 2 heterocycles. The number of nitrogens with one attached hydrogen (secondary N) is 1. The first-order valence-electron chi connectivity index (χ1n) is 9.09. The van der Waals surface area contributed by atoms with Gasteiger partial charge in [-0.05, 0) is 46.2 Å². The van der Waals surface area contributed by atoms with E-state index < -0.39 is 0 Å². The number of amides is 1. The third kappa shape index (κ3) is 3.86. The summed E-state index contributed by atoms with van der Waals surface area (Å²) in [4.78, 5) is 25.6. The molecule has 1 atom stereocenters. The zero-order valence-electron chi connectivity index (χ0n) is 15.0. The van der Waals surface area contributed by atoms with Gasteiger partial charge in [0.05, 0.1) is 0 Å². The van der Waals surface area contributed by atoms with E-state index in [-0.39, 0.29) is 17.9 Å². The van der Waals surface area contributed by atoms with Crippen molar-refractivity contribution in [3.63, 3.8) is 0 Å². The highest BCUT2D eigenvalue weighted by molar-refractivity contribution is 5.80.